The lowest BCUT2D eigenvalue weighted by Gasteiger charge is -1.94. The van der Waals surface area contributed by atoms with Gasteiger partial charge in [0.1, 0.15) is 5.69 Å². The van der Waals surface area contributed by atoms with Crippen molar-refractivity contribution in [2.24, 2.45) is 0 Å². The average Bonchev–Trinajstić information content (AvgIpc) is 2.21. The van der Waals surface area contributed by atoms with Gasteiger partial charge >= 0.3 is 0 Å². The molecular formula is C8H6N4. The summed E-state index contributed by atoms with van der Waals surface area (Å²) >= 11 is 0. The third-order valence-corrected chi connectivity index (χ3v) is 1.43. The van der Waals surface area contributed by atoms with Crippen LogP contribution in [0.2, 0.25) is 0 Å². The van der Waals surface area contributed by atoms with Gasteiger partial charge in [-0.15, -0.1) is 10.2 Å². The van der Waals surface area contributed by atoms with Crippen molar-refractivity contribution in [3.05, 3.63) is 36.7 Å². The van der Waals surface area contributed by atoms with Crippen LogP contribution >= 0.6 is 0 Å². The first-order valence-electron chi connectivity index (χ1n) is 3.52. The summed E-state index contributed by atoms with van der Waals surface area (Å²) in [4.78, 5) is 4.12. The van der Waals surface area contributed by atoms with Crippen molar-refractivity contribution in [1.82, 2.24) is 20.4 Å². The fraction of sp³-hybridized carbons (Fsp3) is 0. The van der Waals surface area contributed by atoms with E-state index in [1.54, 1.807) is 18.5 Å². The van der Waals surface area contributed by atoms with Gasteiger partial charge in [-0.2, -0.15) is 0 Å². The summed E-state index contributed by atoms with van der Waals surface area (Å²) in [6.45, 7) is 0. The van der Waals surface area contributed by atoms with E-state index in [-0.39, 0.29) is 0 Å². The first kappa shape index (κ1) is 6.84. The van der Waals surface area contributed by atoms with E-state index in [0.717, 1.165) is 11.4 Å². The summed E-state index contributed by atoms with van der Waals surface area (Å²) in [5.41, 5.74) is 1.55. The first-order chi connectivity index (χ1) is 5.97. The summed E-state index contributed by atoms with van der Waals surface area (Å²) in [6, 6.07) is 7.42. The minimum absolute atomic E-state index is 0.741. The highest BCUT2D eigenvalue weighted by Crippen LogP contribution is 2.09. The van der Waals surface area contributed by atoms with Crippen LogP contribution in [-0.2, 0) is 0 Å². The summed E-state index contributed by atoms with van der Waals surface area (Å²) in [5.74, 6) is 0. The molecule has 0 N–H and O–H groups in total. The van der Waals surface area contributed by atoms with Crippen LogP contribution in [0.3, 0.4) is 0 Å². The Hall–Kier alpha value is -1.84. The molecule has 0 saturated heterocycles. The standard InChI is InChI=1S/C8H6N4/c1-2-5-9-7(3-1)8-4-6-10-12-11-8/h1-6H. The van der Waals surface area contributed by atoms with Gasteiger partial charge in [0, 0.05) is 6.20 Å². The summed E-state index contributed by atoms with van der Waals surface area (Å²) in [7, 11) is 0. The number of pyridine rings is 1. The van der Waals surface area contributed by atoms with Crippen LogP contribution in [0.1, 0.15) is 0 Å². The molecule has 2 aromatic rings. The predicted octanol–water partition coefficient (Wildman–Crippen LogP) is 0.934. The lowest BCUT2D eigenvalue weighted by atomic mass is 10.3. The lowest BCUT2D eigenvalue weighted by Crippen LogP contribution is -1.90. The van der Waals surface area contributed by atoms with E-state index in [2.05, 4.69) is 20.4 Å². The number of nitrogens with zero attached hydrogens (tertiary/aromatic N) is 4. The minimum Gasteiger partial charge on any atom is -0.255 e. The maximum Gasteiger partial charge on any atom is 0.115 e. The second-order valence-corrected chi connectivity index (χ2v) is 2.22. The Kier molecular flexibility index (Phi) is 1.74. The van der Waals surface area contributed by atoms with Crippen LogP contribution in [0.15, 0.2) is 36.7 Å². The van der Waals surface area contributed by atoms with Crippen molar-refractivity contribution in [1.29, 1.82) is 0 Å². The molecule has 2 heterocycles. The van der Waals surface area contributed by atoms with Crippen LogP contribution in [0.5, 0.6) is 0 Å². The molecule has 0 bridgehead atoms. The molecule has 4 heteroatoms. The highest BCUT2D eigenvalue weighted by atomic mass is 15.3. The van der Waals surface area contributed by atoms with E-state index in [9.17, 15) is 0 Å². The van der Waals surface area contributed by atoms with Gasteiger partial charge in [0.25, 0.3) is 0 Å². The second-order valence-electron chi connectivity index (χ2n) is 2.22. The van der Waals surface area contributed by atoms with Crippen LogP contribution in [0.25, 0.3) is 11.4 Å². The number of aromatic nitrogens is 4. The summed E-state index contributed by atoms with van der Waals surface area (Å²) in [5, 5.41) is 10.9. The fourth-order valence-corrected chi connectivity index (χ4v) is 0.892. The zero-order chi connectivity index (χ0) is 8.23. The molecule has 12 heavy (non-hydrogen) atoms. The van der Waals surface area contributed by atoms with E-state index in [1.807, 2.05) is 18.2 Å². The molecule has 0 unspecified atom stereocenters. The van der Waals surface area contributed by atoms with Crippen molar-refractivity contribution in [3.8, 4) is 11.4 Å². The molecule has 58 valence electrons. The molecule has 2 rings (SSSR count). The van der Waals surface area contributed by atoms with E-state index >= 15 is 0 Å². The Morgan fingerprint density at radius 1 is 0.917 bits per heavy atom. The topological polar surface area (TPSA) is 51.6 Å². The predicted molar refractivity (Wildman–Crippen MR) is 43.1 cm³/mol. The van der Waals surface area contributed by atoms with Gasteiger partial charge in [-0.05, 0) is 23.4 Å². The van der Waals surface area contributed by atoms with Gasteiger partial charge in [-0.25, -0.2) is 0 Å². The van der Waals surface area contributed by atoms with Crippen LogP contribution < -0.4 is 0 Å². The molecule has 0 saturated carbocycles. The molecule has 2 aromatic heterocycles. The Labute approximate surface area is 69.3 Å². The summed E-state index contributed by atoms with van der Waals surface area (Å²) < 4.78 is 0. The van der Waals surface area contributed by atoms with Crippen molar-refractivity contribution < 1.29 is 0 Å². The highest BCUT2D eigenvalue weighted by molar-refractivity contribution is 5.51. The molecule has 0 amide bonds. The largest absolute Gasteiger partial charge is 0.255 e. The van der Waals surface area contributed by atoms with Gasteiger partial charge in [0.05, 0.1) is 11.9 Å². The Balaban J connectivity index is 2.46. The van der Waals surface area contributed by atoms with Crippen molar-refractivity contribution in [2.75, 3.05) is 0 Å². The minimum atomic E-state index is 0.741. The normalized spacial score (nSPS) is 9.67. The van der Waals surface area contributed by atoms with Gasteiger partial charge in [-0.3, -0.25) is 4.98 Å². The zero-order valence-electron chi connectivity index (χ0n) is 6.25. The smallest absolute Gasteiger partial charge is 0.115 e. The molecule has 0 atom stereocenters. The van der Waals surface area contributed by atoms with Crippen LogP contribution in [0, 0.1) is 0 Å². The first-order valence-corrected chi connectivity index (χ1v) is 3.52. The molecule has 0 aliphatic rings. The molecule has 0 aliphatic carbocycles. The maximum absolute atomic E-state index is 4.12. The molecular weight excluding hydrogens is 152 g/mol. The van der Waals surface area contributed by atoms with E-state index in [1.165, 1.54) is 0 Å². The van der Waals surface area contributed by atoms with Crippen molar-refractivity contribution >= 4 is 0 Å². The van der Waals surface area contributed by atoms with Crippen molar-refractivity contribution in [3.63, 3.8) is 0 Å². The van der Waals surface area contributed by atoms with Gasteiger partial charge in [0.2, 0.25) is 0 Å². The molecule has 0 aliphatic heterocycles. The second kappa shape index (κ2) is 3.04. The van der Waals surface area contributed by atoms with E-state index in [4.69, 9.17) is 0 Å². The van der Waals surface area contributed by atoms with Gasteiger partial charge in [0.15, 0.2) is 0 Å². The molecule has 0 aromatic carbocycles. The fourth-order valence-electron chi connectivity index (χ4n) is 0.892. The van der Waals surface area contributed by atoms with Crippen LogP contribution in [0.4, 0.5) is 0 Å². The van der Waals surface area contributed by atoms with Gasteiger partial charge < -0.3 is 0 Å². The monoisotopic (exact) mass is 158 g/mol. The maximum atomic E-state index is 4.12. The molecule has 0 radical (unpaired) electrons. The quantitative estimate of drug-likeness (QED) is 0.619. The zero-order valence-corrected chi connectivity index (χ0v) is 6.25. The Bertz CT molecular complexity index is 308. The number of hydrogen-bond acceptors (Lipinski definition) is 4. The molecule has 0 fully saturated rings. The number of hydrogen-bond donors (Lipinski definition) is 0. The average molecular weight is 158 g/mol. The Morgan fingerprint density at radius 2 is 1.92 bits per heavy atom. The number of rotatable bonds is 1. The highest BCUT2D eigenvalue weighted by Gasteiger charge is 1.97. The SMILES string of the molecule is c1ccc(-c2ccnnn2)nc1. The third-order valence-electron chi connectivity index (χ3n) is 1.43. The van der Waals surface area contributed by atoms with Crippen LogP contribution in [-0.4, -0.2) is 20.4 Å². The summed E-state index contributed by atoms with van der Waals surface area (Å²) in [6.07, 6.45) is 3.31. The Morgan fingerprint density at radius 3 is 2.58 bits per heavy atom. The molecule has 4 nitrogen and oxygen atoms in total. The molecule has 0 spiro atoms. The third kappa shape index (κ3) is 1.27. The van der Waals surface area contributed by atoms with Gasteiger partial charge in [-0.1, -0.05) is 6.07 Å². The van der Waals surface area contributed by atoms with E-state index < -0.39 is 0 Å². The van der Waals surface area contributed by atoms with Crippen molar-refractivity contribution in [2.45, 2.75) is 0 Å². The van der Waals surface area contributed by atoms with E-state index in [0.29, 0.717) is 0 Å². The lowest BCUT2D eigenvalue weighted by molar-refractivity contribution is 0.868.